The van der Waals surface area contributed by atoms with E-state index in [9.17, 15) is 9.59 Å². The van der Waals surface area contributed by atoms with E-state index in [0.29, 0.717) is 17.8 Å². The molecule has 0 spiro atoms. The summed E-state index contributed by atoms with van der Waals surface area (Å²) in [5.41, 5.74) is 7.83. The highest BCUT2D eigenvalue weighted by molar-refractivity contribution is 5.86. The molecule has 1 unspecified atom stereocenters. The van der Waals surface area contributed by atoms with Gasteiger partial charge in [0.15, 0.2) is 0 Å². The molecule has 0 bridgehead atoms. The predicted octanol–water partition coefficient (Wildman–Crippen LogP) is 2.06. The first-order chi connectivity index (χ1) is 11.4. The van der Waals surface area contributed by atoms with E-state index in [2.05, 4.69) is 10.3 Å². The monoisotopic (exact) mass is 329 g/mol. The Labute approximate surface area is 141 Å². The molecule has 24 heavy (non-hydrogen) atoms. The molecular weight excluding hydrogens is 306 g/mol. The number of rotatable bonds is 6. The molecular formula is C18H23N3O3. The van der Waals surface area contributed by atoms with Crippen LogP contribution in [-0.2, 0) is 20.7 Å². The van der Waals surface area contributed by atoms with Crippen LogP contribution in [0.25, 0.3) is 10.9 Å². The second-order valence-corrected chi connectivity index (χ2v) is 6.20. The van der Waals surface area contributed by atoms with Crippen LogP contribution in [0.4, 0.5) is 5.69 Å². The maximum Gasteiger partial charge on any atom is 0.328 e. The molecule has 0 saturated carbocycles. The minimum absolute atomic E-state index is 0.103. The van der Waals surface area contributed by atoms with Gasteiger partial charge >= 0.3 is 5.97 Å². The summed E-state index contributed by atoms with van der Waals surface area (Å²) in [5, 5.41) is 3.65. The van der Waals surface area contributed by atoms with E-state index in [1.165, 1.54) is 7.11 Å². The van der Waals surface area contributed by atoms with Crippen LogP contribution in [0.15, 0.2) is 30.3 Å². The van der Waals surface area contributed by atoms with Crippen LogP contribution in [0, 0.1) is 5.92 Å². The first-order valence-electron chi connectivity index (χ1n) is 7.91. The average Bonchev–Trinajstić information content (AvgIpc) is 2.53. The van der Waals surface area contributed by atoms with Gasteiger partial charge in [-0.25, -0.2) is 4.79 Å². The van der Waals surface area contributed by atoms with Crippen LogP contribution in [0.3, 0.4) is 0 Å². The number of aromatic nitrogens is 1. The van der Waals surface area contributed by atoms with Crippen LogP contribution in [-0.4, -0.2) is 30.0 Å². The van der Waals surface area contributed by atoms with Crippen molar-refractivity contribution in [1.82, 2.24) is 10.3 Å². The fourth-order valence-electron chi connectivity index (χ4n) is 2.52. The van der Waals surface area contributed by atoms with Gasteiger partial charge in [-0.3, -0.25) is 9.78 Å². The summed E-state index contributed by atoms with van der Waals surface area (Å²) in [6.07, 6.45) is 0.634. The smallest absolute Gasteiger partial charge is 0.328 e. The fraction of sp³-hybridized carbons (Fsp3) is 0.389. The Balaban J connectivity index is 2.07. The topological polar surface area (TPSA) is 94.3 Å². The number of hydrogen-bond donors (Lipinski definition) is 2. The van der Waals surface area contributed by atoms with E-state index in [-0.39, 0.29) is 18.2 Å². The van der Waals surface area contributed by atoms with E-state index < -0.39 is 12.0 Å². The minimum Gasteiger partial charge on any atom is -0.467 e. The summed E-state index contributed by atoms with van der Waals surface area (Å²) in [6.45, 7) is 3.97. The number of benzene rings is 1. The highest BCUT2D eigenvalue weighted by Crippen LogP contribution is 2.16. The van der Waals surface area contributed by atoms with Gasteiger partial charge in [0.05, 0.1) is 24.7 Å². The van der Waals surface area contributed by atoms with Crippen LogP contribution in [0.5, 0.6) is 0 Å². The number of nitrogens with two attached hydrogens (primary N) is 1. The first-order valence-corrected chi connectivity index (χ1v) is 7.91. The summed E-state index contributed by atoms with van der Waals surface area (Å²) in [6, 6.07) is 8.46. The van der Waals surface area contributed by atoms with Crippen molar-refractivity contribution < 1.29 is 14.3 Å². The number of nitrogen functional groups attached to an aromatic ring is 1. The molecule has 0 aliphatic rings. The Bertz CT molecular complexity index is 743. The van der Waals surface area contributed by atoms with Crippen molar-refractivity contribution >= 4 is 28.5 Å². The summed E-state index contributed by atoms with van der Waals surface area (Å²) < 4.78 is 4.75. The lowest BCUT2D eigenvalue weighted by Gasteiger charge is -2.18. The first kappa shape index (κ1) is 17.7. The molecule has 0 aliphatic heterocycles. The number of carbonyl (C=O) groups is 2. The van der Waals surface area contributed by atoms with Gasteiger partial charge in [0, 0.05) is 11.1 Å². The maximum atomic E-state index is 12.2. The minimum atomic E-state index is -0.636. The Hall–Kier alpha value is -2.63. The number of pyridine rings is 1. The molecule has 6 heteroatoms. The van der Waals surface area contributed by atoms with E-state index in [4.69, 9.17) is 10.5 Å². The average molecular weight is 329 g/mol. The van der Waals surface area contributed by atoms with Crippen molar-refractivity contribution in [3.05, 3.63) is 36.0 Å². The van der Waals surface area contributed by atoms with Gasteiger partial charge < -0.3 is 15.8 Å². The lowest BCUT2D eigenvalue weighted by Crippen LogP contribution is -2.43. The van der Waals surface area contributed by atoms with E-state index in [1.54, 1.807) is 12.1 Å². The quantitative estimate of drug-likeness (QED) is 0.625. The number of methoxy groups -OCH3 is 1. The standard InChI is InChI=1S/C18H23N3O3/c1-11(2)8-16(18(23)24-3)21-17(22)10-14-6-4-12-9-13(19)5-7-15(12)20-14/h4-7,9,11,16H,8,10,19H2,1-3H3,(H,21,22). The molecule has 128 valence electrons. The Morgan fingerprint density at radius 2 is 2.00 bits per heavy atom. The zero-order valence-corrected chi connectivity index (χ0v) is 14.2. The summed E-state index contributed by atoms with van der Waals surface area (Å²) in [7, 11) is 1.32. The van der Waals surface area contributed by atoms with Crippen LogP contribution < -0.4 is 11.1 Å². The largest absolute Gasteiger partial charge is 0.467 e. The van der Waals surface area contributed by atoms with Crippen molar-refractivity contribution in [3.8, 4) is 0 Å². The van der Waals surface area contributed by atoms with Gasteiger partial charge in [0.1, 0.15) is 6.04 Å². The summed E-state index contributed by atoms with van der Waals surface area (Å²) >= 11 is 0. The molecule has 2 rings (SSSR count). The zero-order valence-electron chi connectivity index (χ0n) is 14.2. The highest BCUT2D eigenvalue weighted by atomic mass is 16.5. The lowest BCUT2D eigenvalue weighted by molar-refractivity contribution is -0.145. The van der Waals surface area contributed by atoms with Gasteiger partial charge in [-0.05, 0) is 36.6 Å². The maximum absolute atomic E-state index is 12.2. The number of amides is 1. The van der Waals surface area contributed by atoms with Crippen molar-refractivity contribution in [2.45, 2.75) is 32.7 Å². The van der Waals surface area contributed by atoms with Gasteiger partial charge in [-0.2, -0.15) is 0 Å². The number of nitrogens with one attached hydrogen (secondary N) is 1. The third-order valence-corrected chi connectivity index (χ3v) is 3.64. The normalized spacial score (nSPS) is 12.2. The molecule has 1 amide bonds. The van der Waals surface area contributed by atoms with Crippen molar-refractivity contribution in [2.75, 3.05) is 12.8 Å². The highest BCUT2D eigenvalue weighted by Gasteiger charge is 2.22. The molecule has 2 aromatic rings. The van der Waals surface area contributed by atoms with Gasteiger partial charge in [0.2, 0.25) is 5.91 Å². The summed E-state index contributed by atoms with van der Waals surface area (Å²) in [4.78, 5) is 28.5. The summed E-state index contributed by atoms with van der Waals surface area (Å²) in [5.74, 6) is -0.425. The fourth-order valence-corrected chi connectivity index (χ4v) is 2.52. The number of carbonyl (C=O) groups excluding carboxylic acids is 2. The molecule has 3 N–H and O–H groups in total. The lowest BCUT2D eigenvalue weighted by atomic mass is 10.0. The molecule has 1 atom stereocenters. The Morgan fingerprint density at radius 1 is 1.25 bits per heavy atom. The molecule has 1 aromatic carbocycles. The van der Waals surface area contributed by atoms with Gasteiger partial charge in [-0.15, -0.1) is 0 Å². The molecule has 6 nitrogen and oxygen atoms in total. The molecule has 1 heterocycles. The van der Waals surface area contributed by atoms with E-state index >= 15 is 0 Å². The predicted molar refractivity (Wildman–Crippen MR) is 93.3 cm³/mol. The van der Waals surface area contributed by atoms with Gasteiger partial charge in [0.25, 0.3) is 0 Å². The third kappa shape index (κ3) is 4.68. The number of nitrogens with zero attached hydrogens (tertiary/aromatic N) is 1. The molecule has 1 aromatic heterocycles. The number of hydrogen-bond acceptors (Lipinski definition) is 5. The Morgan fingerprint density at radius 3 is 2.67 bits per heavy atom. The Kier molecular flexibility index (Phi) is 5.73. The SMILES string of the molecule is COC(=O)C(CC(C)C)NC(=O)Cc1ccc2cc(N)ccc2n1. The second kappa shape index (κ2) is 7.77. The van der Waals surface area contributed by atoms with Crippen molar-refractivity contribution in [2.24, 2.45) is 5.92 Å². The number of fused-ring (bicyclic) bond motifs is 1. The van der Waals surface area contributed by atoms with E-state index in [1.807, 2.05) is 32.0 Å². The van der Waals surface area contributed by atoms with Crippen LogP contribution in [0.1, 0.15) is 26.0 Å². The third-order valence-electron chi connectivity index (χ3n) is 3.64. The number of esters is 1. The molecule has 0 radical (unpaired) electrons. The number of ether oxygens (including phenoxy) is 1. The van der Waals surface area contributed by atoms with Gasteiger partial charge in [-0.1, -0.05) is 19.9 Å². The van der Waals surface area contributed by atoms with E-state index in [0.717, 1.165) is 10.9 Å². The van der Waals surface area contributed by atoms with Crippen molar-refractivity contribution in [1.29, 1.82) is 0 Å². The van der Waals surface area contributed by atoms with Crippen molar-refractivity contribution in [3.63, 3.8) is 0 Å². The second-order valence-electron chi connectivity index (χ2n) is 6.20. The number of anilines is 1. The molecule has 0 fully saturated rings. The van der Waals surface area contributed by atoms with Crippen LogP contribution >= 0.6 is 0 Å². The molecule has 0 aliphatic carbocycles. The zero-order chi connectivity index (χ0) is 17.7. The molecule has 0 saturated heterocycles. The van der Waals surface area contributed by atoms with Crippen LogP contribution in [0.2, 0.25) is 0 Å².